The van der Waals surface area contributed by atoms with Gasteiger partial charge in [-0.25, -0.2) is 0 Å². The number of nitrogens with one attached hydrogen (secondary N) is 2. The average molecular weight is 352 g/mol. The van der Waals surface area contributed by atoms with E-state index in [0.717, 1.165) is 28.9 Å². The van der Waals surface area contributed by atoms with Crippen molar-refractivity contribution in [3.8, 4) is 0 Å². The first kappa shape index (κ1) is 15.0. The molecular formula is C20H18ClN3O. The van der Waals surface area contributed by atoms with Crippen LogP contribution in [0.1, 0.15) is 23.7 Å². The van der Waals surface area contributed by atoms with Crippen LogP contribution in [0.3, 0.4) is 0 Å². The van der Waals surface area contributed by atoms with E-state index in [1.54, 1.807) is 0 Å². The number of carbonyl (C=O) groups is 1. The van der Waals surface area contributed by atoms with E-state index in [9.17, 15) is 4.79 Å². The van der Waals surface area contributed by atoms with Crippen LogP contribution in [-0.4, -0.2) is 28.9 Å². The smallest absolute Gasteiger partial charge is 0.255 e. The Balaban J connectivity index is 1.91. The molecule has 126 valence electrons. The fourth-order valence-electron chi connectivity index (χ4n) is 4.52. The van der Waals surface area contributed by atoms with Crippen LogP contribution in [0.2, 0.25) is 5.02 Å². The van der Waals surface area contributed by atoms with Gasteiger partial charge in [0.2, 0.25) is 0 Å². The molecule has 1 amide bonds. The van der Waals surface area contributed by atoms with Gasteiger partial charge in [0, 0.05) is 33.2 Å². The number of benzene rings is 2. The molecule has 0 aliphatic carbocycles. The van der Waals surface area contributed by atoms with Crippen molar-refractivity contribution in [3.05, 3.63) is 64.3 Å². The standard InChI is InChI=1S/C20H18ClN3O/c1-11-9-14-13-5-3-4-6-16(13)22-18(14)20(24(11)2)15-10-12(21)7-8-17(15)23-19(20)25/h3-8,10-11,22H,9H2,1-2H3,(H,23,25). The SMILES string of the molecule is CC1Cc2c([nH]c3ccccc23)C2(C(=O)Nc3ccc(Cl)cc32)N1C. The number of rotatable bonds is 0. The minimum Gasteiger partial charge on any atom is -0.356 e. The summed E-state index contributed by atoms with van der Waals surface area (Å²) in [7, 11) is 2.02. The Morgan fingerprint density at radius 1 is 1.24 bits per heavy atom. The van der Waals surface area contributed by atoms with Gasteiger partial charge in [0.1, 0.15) is 0 Å². The molecule has 0 fully saturated rings. The molecule has 2 unspecified atom stereocenters. The van der Waals surface area contributed by atoms with Crippen molar-refractivity contribution in [2.75, 3.05) is 12.4 Å². The number of halogens is 1. The Morgan fingerprint density at radius 3 is 2.88 bits per heavy atom. The highest BCUT2D eigenvalue weighted by molar-refractivity contribution is 6.31. The van der Waals surface area contributed by atoms with Crippen molar-refractivity contribution in [2.24, 2.45) is 0 Å². The predicted octanol–water partition coefficient (Wildman–Crippen LogP) is 3.89. The predicted molar refractivity (Wildman–Crippen MR) is 100 cm³/mol. The first-order chi connectivity index (χ1) is 12.0. The second kappa shape index (κ2) is 4.87. The summed E-state index contributed by atoms with van der Waals surface area (Å²) in [6, 6.07) is 14.1. The molecule has 1 spiro atoms. The minimum atomic E-state index is -0.869. The molecule has 2 aromatic carbocycles. The fraction of sp³-hybridized carbons (Fsp3) is 0.250. The number of fused-ring (bicyclic) bond motifs is 6. The Hall–Kier alpha value is -2.30. The molecule has 1 aromatic heterocycles. The summed E-state index contributed by atoms with van der Waals surface area (Å²) < 4.78 is 0. The van der Waals surface area contributed by atoms with Crippen LogP contribution in [0.25, 0.3) is 10.9 Å². The Morgan fingerprint density at radius 2 is 2.04 bits per heavy atom. The van der Waals surface area contributed by atoms with Crippen molar-refractivity contribution in [2.45, 2.75) is 24.9 Å². The summed E-state index contributed by atoms with van der Waals surface area (Å²) in [6.07, 6.45) is 0.904. The maximum absolute atomic E-state index is 13.3. The lowest BCUT2D eigenvalue weighted by Crippen LogP contribution is -2.57. The van der Waals surface area contributed by atoms with Gasteiger partial charge in [0.15, 0.2) is 5.54 Å². The van der Waals surface area contributed by atoms with E-state index in [0.29, 0.717) is 5.02 Å². The third-order valence-electron chi connectivity index (χ3n) is 5.81. The molecule has 0 bridgehead atoms. The van der Waals surface area contributed by atoms with Crippen molar-refractivity contribution in [1.82, 2.24) is 9.88 Å². The van der Waals surface area contributed by atoms with E-state index in [1.165, 1.54) is 10.9 Å². The molecule has 0 saturated carbocycles. The molecule has 0 saturated heterocycles. The zero-order valence-electron chi connectivity index (χ0n) is 14.1. The van der Waals surface area contributed by atoms with Crippen LogP contribution in [0.4, 0.5) is 5.69 Å². The number of hydrogen-bond donors (Lipinski definition) is 2. The molecule has 2 aliphatic heterocycles. The zero-order valence-corrected chi connectivity index (χ0v) is 14.8. The number of likely N-dealkylation sites (N-methyl/N-ethyl adjacent to an activating group) is 1. The van der Waals surface area contributed by atoms with Crippen molar-refractivity contribution < 1.29 is 4.79 Å². The molecule has 4 nitrogen and oxygen atoms in total. The number of anilines is 1. The normalized spacial score (nSPS) is 25.2. The van der Waals surface area contributed by atoms with Crippen LogP contribution in [-0.2, 0) is 16.8 Å². The van der Waals surface area contributed by atoms with Gasteiger partial charge in [-0.2, -0.15) is 0 Å². The monoisotopic (exact) mass is 351 g/mol. The van der Waals surface area contributed by atoms with Gasteiger partial charge in [-0.15, -0.1) is 0 Å². The van der Waals surface area contributed by atoms with Gasteiger partial charge < -0.3 is 10.3 Å². The van der Waals surface area contributed by atoms with E-state index in [1.807, 2.05) is 37.4 Å². The van der Waals surface area contributed by atoms with Crippen molar-refractivity contribution in [3.63, 3.8) is 0 Å². The first-order valence-electron chi connectivity index (χ1n) is 8.48. The molecule has 2 aliphatic rings. The van der Waals surface area contributed by atoms with Crippen LogP contribution in [0.15, 0.2) is 42.5 Å². The van der Waals surface area contributed by atoms with Crippen LogP contribution >= 0.6 is 11.6 Å². The van der Waals surface area contributed by atoms with Gasteiger partial charge in [0.25, 0.3) is 5.91 Å². The number of aromatic nitrogens is 1. The molecule has 3 heterocycles. The number of hydrogen-bond acceptors (Lipinski definition) is 2. The molecule has 5 heteroatoms. The highest BCUT2D eigenvalue weighted by Gasteiger charge is 2.56. The zero-order chi connectivity index (χ0) is 17.3. The molecule has 0 radical (unpaired) electrons. The summed E-state index contributed by atoms with van der Waals surface area (Å²) in [4.78, 5) is 19.0. The van der Waals surface area contributed by atoms with E-state index >= 15 is 0 Å². The topological polar surface area (TPSA) is 48.1 Å². The van der Waals surface area contributed by atoms with E-state index in [-0.39, 0.29) is 11.9 Å². The Kier molecular flexibility index (Phi) is 2.92. The van der Waals surface area contributed by atoms with Crippen molar-refractivity contribution >= 4 is 34.1 Å². The van der Waals surface area contributed by atoms with Gasteiger partial charge in [0.05, 0.1) is 5.69 Å². The minimum absolute atomic E-state index is 0.0216. The number of nitrogens with zero attached hydrogens (tertiary/aromatic N) is 1. The summed E-state index contributed by atoms with van der Waals surface area (Å²) >= 11 is 6.30. The van der Waals surface area contributed by atoms with Gasteiger partial charge in [-0.3, -0.25) is 9.69 Å². The molecule has 2 N–H and O–H groups in total. The summed E-state index contributed by atoms with van der Waals surface area (Å²) in [5.74, 6) is -0.0216. The van der Waals surface area contributed by atoms with E-state index in [4.69, 9.17) is 11.6 Å². The molecule has 5 rings (SSSR count). The van der Waals surface area contributed by atoms with Gasteiger partial charge in [-0.05, 0) is 50.2 Å². The molecule has 25 heavy (non-hydrogen) atoms. The quantitative estimate of drug-likeness (QED) is 0.645. The molecule has 2 atom stereocenters. The first-order valence-corrected chi connectivity index (χ1v) is 8.85. The van der Waals surface area contributed by atoms with E-state index < -0.39 is 5.54 Å². The summed E-state index contributed by atoms with van der Waals surface area (Å²) in [6.45, 7) is 2.17. The maximum Gasteiger partial charge on any atom is 0.255 e. The molecular weight excluding hydrogens is 334 g/mol. The number of aromatic amines is 1. The number of para-hydroxylation sites is 1. The fourth-order valence-corrected chi connectivity index (χ4v) is 4.69. The van der Waals surface area contributed by atoms with Gasteiger partial charge >= 0.3 is 0 Å². The third kappa shape index (κ3) is 1.73. The second-order valence-corrected chi connectivity index (χ2v) is 7.48. The maximum atomic E-state index is 13.3. The highest BCUT2D eigenvalue weighted by atomic mass is 35.5. The Bertz CT molecular complexity index is 1040. The largest absolute Gasteiger partial charge is 0.356 e. The van der Waals surface area contributed by atoms with E-state index in [2.05, 4.69) is 34.3 Å². The van der Waals surface area contributed by atoms with Crippen LogP contribution in [0.5, 0.6) is 0 Å². The van der Waals surface area contributed by atoms with Crippen LogP contribution < -0.4 is 5.32 Å². The second-order valence-electron chi connectivity index (χ2n) is 7.04. The lowest BCUT2D eigenvalue weighted by atomic mass is 9.78. The van der Waals surface area contributed by atoms with Crippen LogP contribution in [0, 0.1) is 0 Å². The number of amides is 1. The van der Waals surface area contributed by atoms with Crippen molar-refractivity contribution in [1.29, 1.82) is 0 Å². The highest BCUT2D eigenvalue weighted by Crippen LogP contribution is 2.50. The lowest BCUT2D eigenvalue weighted by Gasteiger charge is -2.44. The summed E-state index contributed by atoms with van der Waals surface area (Å²) in [5.41, 5.74) is 4.15. The lowest BCUT2D eigenvalue weighted by molar-refractivity contribution is -0.126. The Labute approximate surface area is 150 Å². The van der Waals surface area contributed by atoms with Gasteiger partial charge in [-0.1, -0.05) is 29.8 Å². The average Bonchev–Trinajstić information content (AvgIpc) is 3.09. The molecule has 3 aromatic rings. The third-order valence-corrected chi connectivity index (χ3v) is 6.05. The summed E-state index contributed by atoms with van der Waals surface area (Å²) in [5, 5.41) is 4.89. The number of H-pyrrole nitrogens is 1. The number of carbonyl (C=O) groups excluding carboxylic acids is 1.